The Bertz CT molecular complexity index is 1170. The number of carbonyl (C=O) groups is 1. The molecule has 5 rings (SSSR count). The van der Waals surface area contributed by atoms with E-state index in [4.69, 9.17) is 5.73 Å². The molecular weight excluding hydrogens is 476 g/mol. The Hall–Kier alpha value is -2.70. The van der Waals surface area contributed by atoms with Gasteiger partial charge in [0.2, 0.25) is 0 Å². The highest BCUT2D eigenvalue weighted by atomic mass is 32.1. The van der Waals surface area contributed by atoms with E-state index in [2.05, 4.69) is 34.3 Å². The van der Waals surface area contributed by atoms with Crippen LogP contribution in [0.2, 0.25) is 0 Å². The summed E-state index contributed by atoms with van der Waals surface area (Å²) in [5.41, 5.74) is 10.1. The van der Waals surface area contributed by atoms with E-state index in [0.717, 1.165) is 53.4 Å². The number of nitrogens with one attached hydrogen (secondary N) is 1. The third kappa shape index (κ3) is 6.42. The van der Waals surface area contributed by atoms with E-state index in [0.29, 0.717) is 6.04 Å². The van der Waals surface area contributed by atoms with Crippen molar-refractivity contribution in [3.63, 3.8) is 0 Å². The molecule has 6 heteroatoms. The van der Waals surface area contributed by atoms with Crippen molar-refractivity contribution in [2.45, 2.75) is 76.8 Å². The zero-order valence-corrected chi connectivity index (χ0v) is 22.8. The molecule has 0 aliphatic heterocycles. The van der Waals surface area contributed by atoms with Gasteiger partial charge >= 0.3 is 0 Å². The Labute approximate surface area is 225 Å². The van der Waals surface area contributed by atoms with E-state index in [1.807, 2.05) is 42.5 Å². The first-order chi connectivity index (χ1) is 18.1. The highest BCUT2D eigenvalue weighted by molar-refractivity contribution is 7.15. The minimum absolute atomic E-state index is 0.0531. The van der Waals surface area contributed by atoms with Gasteiger partial charge < -0.3 is 16.0 Å². The maximum Gasteiger partial charge on any atom is 0.252 e. The van der Waals surface area contributed by atoms with Gasteiger partial charge in [0, 0.05) is 22.5 Å². The molecule has 1 atom stereocenters. The number of nitrogens with zero attached hydrogens (tertiary/aromatic N) is 2. The molecule has 5 nitrogen and oxygen atoms in total. The van der Waals surface area contributed by atoms with Crippen LogP contribution in [0.15, 0.2) is 54.6 Å². The molecule has 0 radical (unpaired) electrons. The first kappa shape index (κ1) is 25.9. The summed E-state index contributed by atoms with van der Waals surface area (Å²) in [7, 11) is 0. The number of hydrogen-bond acceptors (Lipinski definition) is 5. The second kappa shape index (κ2) is 12.2. The number of nitrogens with two attached hydrogens (primary N) is 1. The number of benzene rings is 2. The average molecular weight is 517 g/mol. The first-order valence-electron chi connectivity index (χ1n) is 14.0. The molecular formula is C31H40N4OS. The summed E-state index contributed by atoms with van der Waals surface area (Å²) in [6, 6.07) is 19.0. The molecule has 2 aliphatic carbocycles. The fraction of sp³-hybridized carbons (Fsp3) is 0.484. The molecule has 1 heterocycles. The largest absolute Gasteiger partial charge is 0.375 e. The number of thiazole rings is 1. The third-order valence-electron chi connectivity index (χ3n) is 8.22. The van der Waals surface area contributed by atoms with Gasteiger partial charge in [-0.15, -0.1) is 11.3 Å². The molecule has 196 valence electrons. The molecule has 1 fully saturated rings. The number of aryl methyl sites for hydroxylation is 1. The highest BCUT2D eigenvalue weighted by Crippen LogP contribution is 2.32. The van der Waals surface area contributed by atoms with Crippen molar-refractivity contribution in [2.75, 3.05) is 18.8 Å². The molecule has 1 aromatic heterocycles. The van der Waals surface area contributed by atoms with Crippen LogP contribution >= 0.6 is 11.3 Å². The normalized spacial score (nSPS) is 21.5. The predicted octanol–water partition coefficient (Wildman–Crippen LogP) is 6.34. The van der Waals surface area contributed by atoms with Gasteiger partial charge in [-0.05, 0) is 94.0 Å². The van der Waals surface area contributed by atoms with Crippen molar-refractivity contribution in [1.82, 2.24) is 15.2 Å². The van der Waals surface area contributed by atoms with E-state index in [9.17, 15) is 4.79 Å². The zero-order valence-electron chi connectivity index (χ0n) is 22.0. The van der Waals surface area contributed by atoms with Crippen LogP contribution in [0.3, 0.4) is 0 Å². The number of aromatic nitrogens is 1. The molecule has 3 aromatic rings. The number of amides is 1. The zero-order chi connectivity index (χ0) is 25.6. The monoisotopic (exact) mass is 516 g/mol. The van der Waals surface area contributed by atoms with Gasteiger partial charge in [-0.3, -0.25) is 4.79 Å². The Balaban J connectivity index is 1.11. The van der Waals surface area contributed by atoms with Gasteiger partial charge in [0.05, 0.1) is 5.69 Å². The van der Waals surface area contributed by atoms with Crippen molar-refractivity contribution in [2.24, 2.45) is 5.92 Å². The Morgan fingerprint density at radius 1 is 1.03 bits per heavy atom. The highest BCUT2D eigenvalue weighted by Gasteiger charge is 2.28. The number of anilines is 1. The fourth-order valence-electron chi connectivity index (χ4n) is 6.21. The maximum absolute atomic E-state index is 13.2. The Morgan fingerprint density at radius 2 is 1.78 bits per heavy atom. The molecule has 0 unspecified atom stereocenters. The van der Waals surface area contributed by atoms with Crippen LogP contribution in [-0.2, 0) is 12.8 Å². The number of fused-ring (bicyclic) bond motifs is 1. The van der Waals surface area contributed by atoms with Crippen molar-refractivity contribution < 1.29 is 4.79 Å². The predicted molar refractivity (Wildman–Crippen MR) is 154 cm³/mol. The third-order valence-corrected chi connectivity index (χ3v) is 9.17. The van der Waals surface area contributed by atoms with Gasteiger partial charge in [-0.2, -0.15) is 0 Å². The van der Waals surface area contributed by atoms with Crippen molar-refractivity contribution in [1.29, 1.82) is 0 Å². The minimum atomic E-state index is 0.0531. The van der Waals surface area contributed by atoms with E-state index >= 15 is 0 Å². The van der Waals surface area contributed by atoms with Gasteiger partial charge in [-0.25, -0.2) is 4.98 Å². The van der Waals surface area contributed by atoms with Crippen LogP contribution in [0.1, 0.15) is 72.8 Å². The lowest BCUT2D eigenvalue weighted by molar-refractivity contribution is 0.0918. The average Bonchev–Trinajstić information content (AvgIpc) is 3.31. The van der Waals surface area contributed by atoms with E-state index in [-0.39, 0.29) is 11.9 Å². The molecule has 0 spiro atoms. The molecule has 1 amide bonds. The van der Waals surface area contributed by atoms with Crippen molar-refractivity contribution >= 4 is 22.4 Å². The molecule has 0 saturated heterocycles. The minimum Gasteiger partial charge on any atom is -0.375 e. The van der Waals surface area contributed by atoms with Crippen LogP contribution in [0, 0.1) is 5.92 Å². The quantitative estimate of drug-likeness (QED) is 0.348. The van der Waals surface area contributed by atoms with E-state index in [1.54, 1.807) is 11.3 Å². The number of hydrogen-bond donors (Lipinski definition) is 2. The van der Waals surface area contributed by atoms with Gasteiger partial charge in [0.15, 0.2) is 5.13 Å². The lowest BCUT2D eigenvalue weighted by Crippen LogP contribution is -2.41. The number of rotatable bonds is 9. The summed E-state index contributed by atoms with van der Waals surface area (Å²) in [6.45, 7) is 4.63. The first-order valence-corrected chi connectivity index (χ1v) is 14.9. The summed E-state index contributed by atoms with van der Waals surface area (Å²) >= 11 is 1.68. The SMILES string of the molecule is CCCN(CCC1CCC(NC(=O)c2ccccc2-c2ccccc2)CC1)[C@H]1CCc2nc(N)sc2C1. The van der Waals surface area contributed by atoms with Gasteiger partial charge in [0.25, 0.3) is 5.91 Å². The van der Waals surface area contributed by atoms with Crippen LogP contribution in [0.4, 0.5) is 5.13 Å². The van der Waals surface area contributed by atoms with Crippen LogP contribution in [0.5, 0.6) is 0 Å². The summed E-state index contributed by atoms with van der Waals surface area (Å²) in [5.74, 6) is 0.805. The van der Waals surface area contributed by atoms with Gasteiger partial charge in [-0.1, -0.05) is 55.5 Å². The van der Waals surface area contributed by atoms with Crippen LogP contribution < -0.4 is 11.1 Å². The second-order valence-electron chi connectivity index (χ2n) is 10.7. The summed E-state index contributed by atoms with van der Waals surface area (Å²) in [5, 5.41) is 4.07. The maximum atomic E-state index is 13.2. The summed E-state index contributed by atoms with van der Waals surface area (Å²) in [6.07, 6.45) is 10.4. The van der Waals surface area contributed by atoms with E-state index in [1.165, 1.54) is 55.8 Å². The topological polar surface area (TPSA) is 71.2 Å². The van der Waals surface area contributed by atoms with Gasteiger partial charge in [0.1, 0.15) is 0 Å². The van der Waals surface area contributed by atoms with Crippen LogP contribution in [-0.4, -0.2) is 41.0 Å². The lowest BCUT2D eigenvalue weighted by Gasteiger charge is -2.36. The smallest absolute Gasteiger partial charge is 0.252 e. The molecule has 0 bridgehead atoms. The van der Waals surface area contributed by atoms with Crippen molar-refractivity contribution in [3.05, 3.63) is 70.7 Å². The molecule has 2 aromatic carbocycles. The Kier molecular flexibility index (Phi) is 8.57. The molecule has 37 heavy (non-hydrogen) atoms. The Morgan fingerprint density at radius 3 is 2.57 bits per heavy atom. The molecule has 2 aliphatic rings. The van der Waals surface area contributed by atoms with Crippen molar-refractivity contribution in [3.8, 4) is 11.1 Å². The lowest BCUT2D eigenvalue weighted by atomic mass is 9.83. The summed E-state index contributed by atoms with van der Waals surface area (Å²) in [4.78, 5) is 21.9. The summed E-state index contributed by atoms with van der Waals surface area (Å²) < 4.78 is 0. The second-order valence-corrected chi connectivity index (χ2v) is 11.9. The van der Waals surface area contributed by atoms with Crippen LogP contribution in [0.25, 0.3) is 11.1 Å². The van der Waals surface area contributed by atoms with E-state index < -0.39 is 0 Å². The molecule has 3 N–H and O–H groups in total. The fourth-order valence-corrected chi connectivity index (χ4v) is 7.16. The number of nitrogen functional groups attached to an aromatic ring is 1. The number of carbonyl (C=O) groups excluding carboxylic acids is 1. The standard InChI is InChI=1S/C31H40N4OS/c1-2-19-35(25-16-17-28-29(21-25)37-31(32)34-28)20-18-22-12-14-24(15-13-22)33-30(36)27-11-7-6-10-26(27)23-8-4-3-5-9-23/h3-11,22,24-25H,2,12-21H2,1H3,(H2,32,34)(H,33,36)/t22?,24?,25-/m0/s1. The molecule has 1 saturated carbocycles.